The lowest BCUT2D eigenvalue weighted by atomic mass is 9.99. The van der Waals surface area contributed by atoms with Crippen molar-refractivity contribution in [2.24, 2.45) is 0 Å². The van der Waals surface area contributed by atoms with Crippen LogP contribution in [0.5, 0.6) is 0 Å². The molecule has 0 heterocycles. The lowest BCUT2D eigenvalue weighted by Crippen LogP contribution is -2.27. The van der Waals surface area contributed by atoms with Gasteiger partial charge in [-0.2, -0.15) is 0 Å². The van der Waals surface area contributed by atoms with Crippen molar-refractivity contribution in [3.05, 3.63) is 47.3 Å². The molecular weight excluding hydrogens is 229 g/mol. The van der Waals surface area contributed by atoms with Crippen LogP contribution in [0, 0.1) is 5.82 Å². The van der Waals surface area contributed by atoms with Gasteiger partial charge in [-0.1, -0.05) is 23.8 Å². The highest BCUT2D eigenvalue weighted by Crippen LogP contribution is 2.16. The van der Waals surface area contributed by atoms with Crippen LogP contribution in [0.1, 0.15) is 31.2 Å². The summed E-state index contributed by atoms with van der Waals surface area (Å²) >= 11 is 0. The van der Waals surface area contributed by atoms with Gasteiger partial charge in [0, 0.05) is 6.54 Å². The molecule has 0 fully saturated rings. The Balaban J connectivity index is 1.78. The molecule has 0 saturated carbocycles. The van der Waals surface area contributed by atoms with Crippen LogP contribution >= 0.6 is 0 Å². The Morgan fingerprint density at radius 3 is 2.67 bits per heavy atom. The first-order valence-corrected chi connectivity index (χ1v) is 6.43. The second-order valence-electron chi connectivity index (χ2n) is 4.69. The minimum atomic E-state index is -0.272. The summed E-state index contributed by atoms with van der Waals surface area (Å²) in [4.78, 5) is 11.7. The molecule has 1 N–H and O–H groups in total. The molecule has 2 rings (SSSR count). The fourth-order valence-electron chi connectivity index (χ4n) is 2.13. The van der Waals surface area contributed by atoms with Crippen molar-refractivity contribution in [3.8, 4) is 0 Å². The van der Waals surface area contributed by atoms with E-state index in [1.54, 1.807) is 12.1 Å². The van der Waals surface area contributed by atoms with Gasteiger partial charge in [0.25, 0.3) is 0 Å². The van der Waals surface area contributed by atoms with E-state index in [4.69, 9.17) is 0 Å². The number of rotatable bonds is 4. The van der Waals surface area contributed by atoms with Gasteiger partial charge in [0.1, 0.15) is 5.82 Å². The van der Waals surface area contributed by atoms with Crippen LogP contribution in [0.2, 0.25) is 0 Å². The summed E-state index contributed by atoms with van der Waals surface area (Å²) in [5.74, 6) is -0.278. The maximum Gasteiger partial charge on any atom is 0.224 e. The summed E-state index contributed by atoms with van der Waals surface area (Å²) in [5.41, 5.74) is 2.17. The minimum Gasteiger partial charge on any atom is -0.352 e. The summed E-state index contributed by atoms with van der Waals surface area (Å²) in [6, 6.07) is 6.06. The fourth-order valence-corrected chi connectivity index (χ4v) is 2.13. The van der Waals surface area contributed by atoms with E-state index in [0.29, 0.717) is 13.0 Å². The summed E-state index contributed by atoms with van der Waals surface area (Å²) in [6.45, 7) is 0.653. The zero-order valence-corrected chi connectivity index (χ0v) is 10.4. The molecule has 1 amide bonds. The minimum absolute atomic E-state index is 0.00641. The number of hydrogen-bond acceptors (Lipinski definition) is 1. The Kier molecular flexibility index (Phi) is 4.51. The van der Waals surface area contributed by atoms with Gasteiger partial charge in [0.15, 0.2) is 0 Å². The van der Waals surface area contributed by atoms with Crippen molar-refractivity contribution in [2.45, 2.75) is 32.1 Å². The van der Waals surface area contributed by atoms with Crippen molar-refractivity contribution in [2.75, 3.05) is 6.54 Å². The van der Waals surface area contributed by atoms with E-state index < -0.39 is 0 Å². The third kappa shape index (κ3) is 3.99. The standard InChI is InChI=1S/C15H18FNO/c16-14-8-6-12(7-9-14)10-15(18)17-11-13-4-2-1-3-5-13/h4,6-9H,1-3,5,10-11H2,(H,17,18). The van der Waals surface area contributed by atoms with Crippen molar-refractivity contribution < 1.29 is 9.18 Å². The lowest BCUT2D eigenvalue weighted by molar-refractivity contribution is -0.120. The van der Waals surface area contributed by atoms with Crippen LogP contribution in [0.25, 0.3) is 0 Å². The number of carbonyl (C=O) groups excluding carboxylic acids is 1. The number of halogens is 1. The van der Waals surface area contributed by atoms with E-state index in [2.05, 4.69) is 11.4 Å². The van der Waals surface area contributed by atoms with E-state index >= 15 is 0 Å². The SMILES string of the molecule is O=C(Cc1ccc(F)cc1)NCC1=CCCCC1. The topological polar surface area (TPSA) is 29.1 Å². The van der Waals surface area contributed by atoms with Gasteiger partial charge >= 0.3 is 0 Å². The number of carbonyl (C=O) groups is 1. The predicted octanol–water partition coefficient (Wildman–Crippen LogP) is 2.98. The number of nitrogens with one attached hydrogen (secondary N) is 1. The lowest BCUT2D eigenvalue weighted by Gasteiger charge is -2.13. The van der Waals surface area contributed by atoms with Crippen LogP contribution in [0.15, 0.2) is 35.9 Å². The molecule has 0 radical (unpaired) electrons. The highest BCUT2D eigenvalue weighted by atomic mass is 19.1. The maximum absolute atomic E-state index is 12.7. The summed E-state index contributed by atoms with van der Waals surface area (Å²) < 4.78 is 12.7. The first-order valence-electron chi connectivity index (χ1n) is 6.43. The Morgan fingerprint density at radius 2 is 2.00 bits per heavy atom. The Bertz CT molecular complexity index is 436. The highest BCUT2D eigenvalue weighted by molar-refractivity contribution is 5.78. The van der Waals surface area contributed by atoms with E-state index in [1.165, 1.54) is 30.5 Å². The summed E-state index contributed by atoms with van der Waals surface area (Å²) in [6.07, 6.45) is 7.24. The molecule has 18 heavy (non-hydrogen) atoms. The van der Waals surface area contributed by atoms with Crippen LogP contribution in [-0.2, 0) is 11.2 Å². The third-order valence-electron chi connectivity index (χ3n) is 3.18. The van der Waals surface area contributed by atoms with Gasteiger partial charge in [0.2, 0.25) is 5.91 Å². The van der Waals surface area contributed by atoms with Gasteiger partial charge < -0.3 is 5.32 Å². The van der Waals surface area contributed by atoms with Gasteiger partial charge in [0.05, 0.1) is 6.42 Å². The quantitative estimate of drug-likeness (QED) is 0.814. The molecule has 0 spiro atoms. The molecule has 1 aliphatic carbocycles. The zero-order chi connectivity index (χ0) is 12.8. The van der Waals surface area contributed by atoms with E-state index in [1.807, 2.05) is 0 Å². The number of benzene rings is 1. The summed E-state index contributed by atoms with van der Waals surface area (Å²) in [7, 11) is 0. The van der Waals surface area contributed by atoms with Crippen molar-refractivity contribution in [3.63, 3.8) is 0 Å². The fraction of sp³-hybridized carbons (Fsp3) is 0.400. The number of amides is 1. The smallest absolute Gasteiger partial charge is 0.224 e. The van der Waals surface area contributed by atoms with Gasteiger partial charge in [-0.25, -0.2) is 4.39 Å². The van der Waals surface area contributed by atoms with Gasteiger partial charge in [-0.05, 0) is 43.4 Å². The molecule has 0 aliphatic heterocycles. The molecule has 96 valence electrons. The van der Waals surface area contributed by atoms with E-state index in [0.717, 1.165) is 18.4 Å². The monoisotopic (exact) mass is 247 g/mol. The molecule has 0 atom stereocenters. The predicted molar refractivity (Wildman–Crippen MR) is 69.7 cm³/mol. The van der Waals surface area contributed by atoms with Crippen molar-refractivity contribution in [1.29, 1.82) is 0 Å². The molecule has 3 heteroatoms. The molecule has 0 bridgehead atoms. The Labute approximate surface area is 107 Å². The average molecular weight is 247 g/mol. The zero-order valence-electron chi connectivity index (χ0n) is 10.4. The van der Waals surface area contributed by atoms with E-state index in [-0.39, 0.29) is 11.7 Å². The van der Waals surface area contributed by atoms with Crippen LogP contribution in [-0.4, -0.2) is 12.5 Å². The Morgan fingerprint density at radius 1 is 1.22 bits per heavy atom. The average Bonchev–Trinajstić information content (AvgIpc) is 2.40. The summed E-state index contributed by atoms with van der Waals surface area (Å²) in [5, 5.41) is 2.91. The molecule has 2 nitrogen and oxygen atoms in total. The largest absolute Gasteiger partial charge is 0.352 e. The van der Waals surface area contributed by atoms with Gasteiger partial charge in [-0.3, -0.25) is 4.79 Å². The molecule has 1 aromatic rings. The van der Waals surface area contributed by atoms with Gasteiger partial charge in [-0.15, -0.1) is 0 Å². The highest BCUT2D eigenvalue weighted by Gasteiger charge is 2.06. The second kappa shape index (κ2) is 6.34. The Hall–Kier alpha value is -1.64. The third-order valence-corrected chi connectivity index (χ3v) is 3.18. The first kappa shape index (κ1) is 12.8. The number of hydrogen-bond donors (Lipinski definition) is 1. The maximum atomic E-state index is 12.7. The van der Waals surface area contributed by atoms with Crippen LogP contribution in [0.4, 0.5) is 4.39 Å². The molecular formula is C15H18FNO. The van der Waals surface area contributed by atoms with Crippen molar-refractivity contribution in [1.82, 2.24) is 5.32 Å². The molecule has 0 unspecified atom stereocenters. The molecule has 0 aromatic heterocycles. The molecule has 0 saturated heterocycles. The van der Waals surface area contributed by atoms with Crippen molar-refractivity contribution >= 4 is 5.91 Å². The first-order chi connectivity index (χ1) is 8.74. The van der Waals surface area contributed by atoms with Crippen LogP contribution in [0.3, 0.4) is 0 Å². The van der Waals surface area contributed by atoms with Crippen LogP contribution < -0.4 is 5.32 Å². The normalized spacial score (nSPS) is 15.1. The number of allylic oxidation sites excluding steroid dienone is 1. The molecule has 1 aromatic carbocycles. The molecule has 1 aliphatic rings. The second-order valence-corrected chi connectivity index (χ2v) is 4.69. The van der Waals surface area contributed by atoms with E-state index in [9.17, 15) is 9.18 Å².